The zero-order valence-corrected chi connectivity index (χ0v) is 25.6. The van der Waals surface area contributed by atoms with Gasteiger partial charge in [-0.15, -0.1) is 0 Å². The SMILES string of the molecule is Brc1cc(-c2ccccc2)cc2cc3cccc4c3c(c3cccc5cc6cc(-c7ccccc7)cc(Br)c6c4c53)c12. The molecule has 0 radical (unpaired) electrons. The maximum atomic E-state index is 4.03. The van der Waals surface area contributed by atoms with E-state index in [1.165, 1.54) is 86.9 Å². The van der Waals surface area contributed by atoms with Crippen LogP contribution in [0.2, 0.25) is 0 Å². The number of hydrogen-bond donors (Lipinski definition) is 0. The van der Waals surface area contributed by atoms with Crippen LogP contribution in [0.15, 0.2) is 142 Å². The van der Waals surface area contributed by atoms with Crippen molar-refractivity contribution in [3.8, 4) is 22.3 Å². The number of hydrogen-bond acceptors (Lipinski definition) is 0. The lowest BCUT2D eigenvalue weighted by Crippen LogP contribution is -1.92. The molecule has 0 aliphatic heterocycles. The Kier molecular flexibility index (Phi) is 5.30. The van der Waals surface area contributed by atoms with Crippen LogP contribution in [0, 0.1) is 0 Å². The molecule has 0 heterocycles. The number of fused-ring (bicyclic) bond motifs is 6. The van der Waals surface area contributed by atoms with Crippen molar-refractivity contribution in [1.82, 2.24) is 0 Å². The Hall–Kier alpha value is -4.24. The first-order valence-corrected chi connectivity index (χ1v) is 15.7. The van der Waals surface area contributed by atoms with Crippen LogP contribution in [-0.4, -0.2) is 0 Å². The van der Waals surface area contributed by atoms with E-state index in [0.717, 1.165) is 8.95 Å². The Bertz CT molecular complexity index is 2330. The van der Waals surface area contributed by atoms with Gasteiger partial charge in [-0.25, -0.2) is 0 Å². The maximum absolute atomic E-state index is 4.03. The second-order valence-corrected chi connectivity index (χ2v) is 12.9. The lowest BCUT2D eigenvalue weighted by molar-refractivity contribution is 1.64. The summed E-state index contributed by atoms with van der Waals surface area (Å²) in [5, 5.41) is 15.4. The molecule has 0 bridgehead atoms. The molecule has 0 N–H and O–H groups in total. The van der Waals surface area contributed by atoms with Crippen LogP contribution >= 0.6 is 31.9 Å². The summed E-state index contributed by atoms with van der Waals surface area (Å²) in [5.41, 5.74) is 4.88. The van der Waals surface area contributed by atoms with Gasteiger partial charge in [0.25, 0.3) is 0 Å². The van der Waals surface area contributed by atoms with Gasteiger partial charge < -0.3 is 0 Å². The molecule has 9 aromatic rings. The minimum absolute atomic E-state index is 1.13. The summed E-state index contributed by atoms with van der Waals surface area (Å²) in [4.78, 5) is 0. The van der Waals surface area contributed by atoms with Crippen LogP contribution in [0.4, 0.5) is 0 Å². The minimum atomic E-state index is 1.13. The monoisotopic (exact) mass is 660 g/mol. The topological polar surface area (TPSA) is 0 Å². The Morgan fingerprint density at radius 2 is 0.714 bits per heavy atom. The summed E-state index contributed by atoms with van der Waals surface area (Å²) in [6.07, 6.45) is 0. The molecule has 0 amide bonds. The predicted molar refractivity (Wildman–Crippen MR) is 189 cm³/mol. The molecule has 196 valence electrons. The van der Waals surface area contributed by atoms with E-state index < -0.39 is 0 Å². The zero-order valence-electron chi connectivity index (χ0n) is 22.5. The van der Waals surface area contributed by atoms with Crippen LogP contribution in [0.3, 0.4) is 0 Å². The molecule has 0 aromatic heterocycles. The fourth-order valence-corrected chi connectivity index (χ4v) is 8.43. The summed E-state index contributed by atoms with van der Waals surface area (Å²) in [6.45, 7) is 0. The lowest BCUT2D eigenvalue weighted by Gasteiger charge is -2.20. The van der Waals surface area contributed by atoms with E-state index >= 15 is 0 Å². The van der Waals surface area contributed by atoms with Crippen LogP contribution in [-0.2, 0) is 0 Å². The molecule has 0 saturated heterocycles. The quantitative estimate of drug-likeness (QED) is 0.128. The average molecular weight is 662 g/mol. The van der Waals surface area contributed by atoms with Gasteiger partial charge >= 0.3 is 0 Å². The van der Waals surface area contributed by atoms with E-state index in [1.54, 1.807) is 0 Å². The van der Waals surface area contributed by atoms with Crippen LogP contribution in [0.25, 0.3) is 86.9 Å². The molecule has 9 aromatic carbocycles. The zero-order chi connectivity index (χ0) is 27.9. The van der Waals surface area contributed by atoms with E-state index in [-0.39, 0.29) is 0 Å². The van der Waals surface area contributed by atoms with Crippen LogP contribution < -0.4 is 0 Å². The van der Waals surface area contributed by atoms with E-state index in [1.807, 2.05) is 0 Å². The third kappa shape index (κ3) is 3.46. The van der Waals surface area contributed by atoms with Gasteiger partial charge in [-0.2, -0.15) is 0 Å². The van der Waals surface area contributed by atoms with Crippen molar-refractivity contribution in [2.24, 2.45) is 0 Å². The second-order valence-electron chi connectivity index (χ2n) is 11.2. The molecule has 0 aliphatic carbocycles. The smallest absolute Gasteiger partial charge is 0.0266 e. The predicted octanol–water partition coefficient (Wildman–Crippen LogP) is 12.9. The van der Waals surface area contributed by atoms with Crippen molar-refractivity contribution >= 4 is 96.5 Å². The Labute approximate surface area is 259 Å². The van der Waals surface area contributed by atoms with Gasteiger partial charge in [0.1, 0.15) is 0 Å². The highest BCUT2D eigenvalue weighted by Gasteiger charge is 2.20. The van der Waals surface area contributed by atoms with Crippen molar-refractivity contribution in [2.45, 2.75) is 0 Å². The molecular formula is C40H22Br2. The summed E-state index contributed by atoms with van der Waals surface area (Å²) < 4.78 is 2.25. The van der Waals surface area contributed by atoms with Crippen molar-refractivity contribution in [3.63, 3.8) is 0 Å². The lowest BCUT2D eigenvalue weighted by atomic mass is 9.84. The molecule has 0 saturated carbocycles. The van der Waals surface area contributed by atoms with Crippen LogP contribution in [0.1, 0.15) is 0 Å². The van der Waals surface area contributed by atoms with Gasteiger partial charge in [-0.1, -0.05) is 129 Å². The molecule has 9 rings (SSSR count). The van der Waals surface area contributed by atoms with Crippen molar-refractivity contribution in [1.29, 1.82) is 0 Å². The molecule has 0 nitrogen and oxygen atoms in total. The molecule has 0 aliphatic rings. The van der Waals surface area contributed by atoms with E-state index in [2.05, 4.69) is 165 Å². The highest BCUT2D eigenvalue weighted by atomic mass is 79.9. The first-order valence-electron chi connectivity index (χ1n) is 14.2. The second kappa shape index (κ2) is 9.13. The van der Waals surface area contributed by atoms with Gasteiger partial charge in [0.05, 0.1) is 0 Å². The third-order valence-electron chi connectivity index (χ3n) is 8.81. The van der Waals surface area contributed by atoms with E-state index in [0.29, 0.717) is 0 Å². The Morgan fingerprint density at radius 3 is 1.14 bits per heavy atom. The van der Waals surface area contributed by atoms with E-state index in [4.69, 9.17) is 0 Å². The molecule has 0 spiro atoms. The van der Waals surface area contributed by atoms with Gasteiger partial charge in [-0.05, 0) is 113 Å². The van der Waals surface area contributed by atoms with Gasteiger partial charge in [0.15, 0.2) is 0 Å². The molecule has 42 heavy (non-hydrogen) atoms. The molecule has 0 unspecified atom stereocenters. The van der Waals surface area contributed by atoms with Gasteiger partial charge in [0.2, 0.25) is 0 Å². The van der Waals surface area contributed by atoms with Crippen molar-refractivity contribution in [2.75, 3.05) is 0 Å². The first kappa shape index (κ1) is 24.4. The number of halogens is 2. The van der Waals surface area contributed by atoms with Gasteiger partial charge in [-0.3, -0.25) is 0 Å². The summed E-state index contributed by atoms with van der Waals surface area (Å²) in [7, 11) is 0. The fraction of sp³-hybridized carbons (Fsp3) is 0. The van der Waals surface area contributed by atoms with Crippen molar-refractivity contribution < 1.29 is 0 Å². The first-order chi connectivity index (χ1) is 20.7. The minimum Gasteiger partial charge on any atom is -0.0622 e. The summed E-state index contributed by atoms with van der Waals surface area (Å²) in [5.74, 6) is 0. The van der Waals surface area contributed by atoms with Crippen LogP contribution in [0.5, 0.6) is 0 Å². The summed E-state index contributed by atoms with van der Waals surface area (Å²) in [6, 6.07) is 48.8. The summed E-state index contributed by atoms with van der Waals surface area (Å²) >= 11 is 8.07. The molecule has 0 fully saturated rings. The Morgan fingerprint density at radius 1 is 0.286 bits per heavy atom. The maximum Gasteiger partial charge on any atom is 0.0266 e. The molecule has 0 atom stereocenters. The highest BCUT2D eigenvalue weighted by molar-refractivity contribution is 9.11. The highest BCUT2D eigenvalue weighted by Crippen LogP contribution is 2.49. The fourth-order valence-electron chi connectivity index (χ4n) is 7.08. The molecular weight excluding hydrogens is 640 g/mol. The average Bonchev–Trinajstić information content (AvgIpc) is 3.03. The number of benzene rings is 9. The third-order valence-corrected chi connectivity index (χ3v) is 10.1. The largest absolute Gasteiger partial charge is 0.0622 e. The van der Waals surface area contributed by atoms with Gasteiger partial charge in [0, 0.05) is 19.7 Å². The molecule has 2 heteroatoms. The normalized spacial score (nSPS) is 12.0. The standard InChI is InChI=1S/C40H22Br2/c41-33-21-27(23-9-3-1-4-10-23)19-29-17-25-13-7-16-32-35(25)39(37(29)33)31-15-8-14-26-18-30-20-28(24-11-5-2-6-12-24)22-34(42)38(30)40(32)36(26)31/h1-22H. The van der Waals surface area contributed by atoms with E-state index in [9.17, 15) is 0 Å². The number of rotatable bonds is 2. The van der Waals surface area contributed by atoms with Crippen molar-refractivity contribution in [3.05, 3.63) is 142 Å². The Balaban J connectivity index is 1.48.